The fourth-order valence-electron chi connectivity index (χ4n) is 2.89. The standard InChI is InChI=1S/C18H26N4O3/c1-12-4-3-5-15(13(12)2)21-16(23)10-20-17(24)11-22-8-6-14(7-9-22)18(19)25/h3-5,14H,6-11H2,1-2H3,(H2,19,25)(H,20,24)(H,21,23). The number of aryl methyl sites for hydroxylation is 1. The van der Waals surface area contributed by atoms with Crippen LogP contribution in [-0.4, -0.2) is 48.8 Å². The van der Waals surface area contributed by atoms with Gasteiger partial charge in [-0.05, 0) is 57.0 Å². The number of rotatable bonds is 6. The van der Waals surface area contributed by atoms with Crippen molar-refractivity contribution in [2.24, 2.45) is 11.7 Å². The number of benzene rings is 1. The fraction of sp³-hybridized carbons (Fsp3) is 0.500. The maximum Gasteiger partial charge on any atom is 0.243 e. The van der Waals surface area contributed by atoms with Crippen molar-refractivity contribution >= 4 is 23.4 Å². The summed E-state index contributed by atoms with van der Waals surface area (Å²) in [5, 5.41) is 5.44. The van der Waals surface area contributed by atoms with E-state index in [1.165, 1.54) is 0 Å². The Balaban J connectivity index is 1.72. The molecule has 136 valence electrons. The van der Waals surface area contributed by atoms with Gasteiger partial charge in [0.05, 0.1) is 13.1 Å². The quantitative estimate of drug-likeness (QED) is 0.700. The van der Waals surface area contributed by atoms with Gasteiger partial charge in [-0.25, -0.2) is 0 Å². The first kappa shape index (κ1) is 18.9. The molecule has 0 aromatic heterocycles. The highest BCUT2D eigenvalue weighted by atomic mass is 16.2. The number of likely N-dealkylation sites (tertiary alicyclic amines) is 1. The normalized spacial score (nSPS) is 15.6. The zero-order valence-corrected chi connectivity index (χ0v) is 14.8. The van der Waals surface area contributed by atoms with E-state index in [0.717, 1.165) is 16.8 Å². The van der Waals surface area contributed by atoms with Gasteiger partial charge in [0.25, 0.3) is 0 Å². The molecule has 0 aliphatic carbocycles. The summed E-state index contributed by atoms with van der Waals surface area (Å²) in [5.74, 6) is -0.821. The van der Waals surface area contributed by atoms with E-state index in [9.17, 15) is 14.4 Å². The Kier molecular flexibility index (Phi) is 6.52. The van der Waals surface area contributed by atoms with Crippen LogP contribution in [0.1, 0.15) is 24.0 Å². The molecule has 0 spiro atoms. The van der Waals surface area contributed by atoms with Crippen LogP contribution in [0.2, 0.25) is 0 Å². The summed E-state index contributed by atoms with van der Waals surface area (Å²) in [6.07, 6.45) is 1.35. The molecule has 25 heavy (non-hydrogen) atoms. The average molecular weight is 346 g/mol. The minimum Gasteiger partial charge on any atom is -0.369 e. The Hall–Kier alpha value is -2.41. The Morgan fingerprint density at radius 1 is 1.16 bits per heavy atom. The summed E-state index contributed by atoms with van der Waals surface area (Å²) >= 11 is 0. The second-order valence-electron chi connectivity index (χ2n) is 6.53. The van der Waals surface area contributed by atoms with Crippen molar-refractivity contribution in [2.45, 2.75) is 26.7 Å². The molecular weight excluding hydrogens is 320 g/mol. The maximum absolute atomic E-state index is 12.0. The monoisotopic (exact) mass is 346 g/mol. The first-order valence-corrected chi connectivity index (χ1v) is 8.51. The predicted octanol–water partition coefficient (Wildman–Crippen LogP) is 0.555. The smallest absolute Gasteiger partial charge is 0.243 e. The molecule has 1 fully saturated rings. The molecular formula is C18H26N4O3. The molecule has 0 radical (unpaired) electrons. The number of hydrogen-bond donors (Lipinski definition) is 3. The van der Waals surface area contributed by atoms with Crippen molar-refractivity contribution in [3.05, 3.63) is 29.3 Å². The van der Waals surface area contributed by atoms with Gasteiger partial charge in [0.2, 0.25) is 17.7 Å². The summed E-state index contributed by atoms with van der Waals surface area (Å²) < 4.78 is 0. The van der Waals surface area contributed by atoms with Crippen molar-refractivity contribution < 1.29 is 14.4 Å². The molecule has 7 heteroatoms. The van der Waals surface area contributed by atoms with E-state index in [1.54, 1.807) is 0 Å². The number of carbonyl (C=O) groups excluding carboxylic acids is 3. The maximum atomic E-state index is 12.0. The number of primary amides is 1. The molecule has 1 saturated heterocycles. The van der Waals surface area contributed by atoms with E-state index < -0.39 is 0 Å². The molecule has 2 rings (SSSR count). The molecule has 0 atom stereocenters. The molecule has 4 N–H and O–H groups in total. The van der Waals surface area contributed by atoms with Crippen molar-refractivity contribution in [3.63, 3.8) is 0 Å². The van der Waals surface area contributed by atoms with E-state index in [0.29, 0.717) is 25.9 Å². The largest absolute Gasteiger partial charge is 0.369 e. The molecule has 7 nitrogen and oxygen atoms in total. The summed E-state index contributed by atoms with van der Waals surface area (Å²) in [7, 11) is 0. The lowest BCUT2D eigenvalue weighted by molar-refractivity contribution is -0.126. The van der Waals surface area contributed by atoms with Crippen LogP contribution in [0, 0.1) is 19.8 Å². The number of amides is 3. The molecule has 1 aliphatic rings. The fourth-order valence-corrected chi connectivity index (χ4v) is 2.89. The minimum absolute atomic E-state index is 0.0655. The Morgan fingerprint density at radius 2 is 1.84 bits per heavy atom. The zero-order valence-electron chi connectivity index (χ0n) is 14.8. The highest BCUT2D eigenvalue weighted by molar-refractivity contribution is 5.95. The predicted molar refractivity (Wildman–Crippen MR) is 95.9 cm³/mol. The van der Waals surface area contributed by atoms with Gasteiger partial charge in [-0.2, -0.15) is 0 Å². The Bertz CT molecular complexity index is 652. The number of nitrogens with zero attached hydrogens (tertiary/aromatic N) is 1. The number of nitrogens with one attached hydrogen (secondary N) is 2. The molecule has 1 aromatic rings. The van der Waals surface area contributed by atoms with Crippen LogP contribution in [0.4, 0.5) is 5.69 Å². The van der Waals surface area contributed by atoms with Crippen LogP contribution < -0.4 is 16.4 Å². The topological polar surface area (TPSA) is 105 Å². The number of anilines is 1. The van der Waals surface area contributed by atoms with Gasteiger partial charge in [0, 0.05) is 11.6 Å². The van der Waals surface area contributed by atoms with Gasteiger partial charge in [-0.1, -0.05) is 12.1 Å². The van der Waals surface area contributed by atoms with E-state index in [4.69, 9.17) is 5.73 Å². The van der Waals surface area contributed by atoms with Crippen LogP contribution in [0.25, 0.3) is 0 Å². The third-order valence-corrected chi connectivity index (χ3v) is 4.68. The zero-order chi connectivity index (χ0) is 18.4. The number of piperidine rings is 1. The number of nitrogens with two attached hydrogens (primary N) is 1. The molecule has 1 aromatic carbocycles. The minimum atomic E-state index is -0.271. The first-order valence-electron chi connectivity index (χ1n) is 8.51. The second kappa shape index (κ2) is 8.62. The van der Waals surface area contributed by atoms with Gasteiger partial charge in [0.1, 0.15) is 0 Å². The third kappa shape index (κ3) is 5.56. The van der Waals surface area contributed by atoms with Crippen molar-refractivity contribution in [2.75, 3.05) is 31.5 Å². The van der Waals surface area contributed by atoms with Gasteiger partial charge < -0.3 is 16.4 Å². The summed E-state index contributed by atoms with van der Waals surface area (Å²) in [4.78, 5) is 37.1. The Morgan fingerprint density at radius 3 is 2.48 bits per heavy atom. The lowest BCUT2D eigenvalue weighted by Gasteiger charge is -2.29. The van der Waals surface area contributed by atoms with Gasteiger partial charge in [-0.3, -0.25) is 19.3 Å². The highest BCUT2D eigenvalue weighted by Crippen LogP contribution is 2.18. The summed E-state index contributed by atoms with van der Waals surface area (Å²) in [6, 6.07) is 5.70. The van der Waals surface area contributed by atoms with E-state index in [-0.39, 0.29) is 36.7 Å². The Labute approximate surface area is 147 Å². The van der Waals surface area contributed by atoms with Gasteiger partial charge >= 0.3 is 0 Å². The third-order valence-electron chi connectivity index (χ3n) is 4.68. The van der Waals surface area contributed by atoms with Crippen LogP contribution in [0.5, 0.6) is 0 Å². The van der Waals surface area contributed by atoms with Crippen molar-refractivity contribution in [1.29, 1.82) is 0 Å². The van der Waals surface area contributed by atoms with Crippen LogP contribution in [0.3, 0.4) is 0 Å². The van der Waals surface area contributed by atoms with Crippen molar-refractivity contribution in [1.82, 2.24) is 10.2 Å². The SMILES string of the molecule is Cc1cccc(NC(=O)CNC(=O)CN2CCC(C(N)=O)CC2)c1C. The molecule has 0 bridgehead atoms. The van der Waals surface area contributed by atoms with E-state index in [1.807, 2.05) is 36.9 Å². The van der Waals surface area contributed by atoms with E-state index in [2.05, 4.69) is 10.6 Å². The number of hydrogen-bond acceptors (Lipinski definition) is 4. The molecule has 1 aliphatic heterocycles. The summed E-state index contributed by atoms with van der Waals surface area (Å²) in [5.41, 5.74) is 8.17. The highest BCUT2D eigenvalue weighted by Gasteiger charge is 2.24. The molecule has 3 amide bonds. The summed E-state index contributed by atoms with van der Waals surface area (Å²) in [6.45, 7) is 5.41. The van der Waals surface area contributed by atoms with Crippen LogP contribution >= 0.6 is 0 Å². The van der Waals surface area contributed by atoms with Crippen LogP contribution in [-0.2, 0) is 14.4 Å². The van der Waals surface area contributed by atoms with Gasteiger partial charge in [-0.15, -0.1) is 0 Å². The van der Waals surface area contributed by atoms with Crippen LogP contribution in [0.15, 0.2) is 18.2 Å². The molecule has 0 unspecified atom stereocenters. The number of carbonyl (C=O) groups is 3. The van der Waals surface area contributed by atoms with E-state index >= 15 is 0 Å². The molecule has 0 saturated carbocycles. The van der Waals surface area contributed by atoms with Gasteiger partial charge in [0.15, 0.2) is 0 Å². The molecule has 1 heterocycles. The van der Waals surface area contributed by atoms with Crippen molar-refractivity contribution in [3.8, 4) is 0 Å². The average Bonchev–Trinajstić information content (AvgIpc) is 2.58. The second-order valence-corrected chi connectivity index (χ2v) is 6.53. The lowest BCUT2D eigenvalue weighted by Crippen LogP contribution is -2.44. The lowest BCUT2D eigenvalue weighted by atomic mass is 9.96. The first-order chi connectivity index (χ1) is 11.9.